The molecule has 3 heterocycles. The Hall–Kier alpha value is -2.25. The second-order valence-corrected chi connectivity index (χ2v) is 7.41. The van der Waals surface area contributed by atoms with Gasteiger partial charge in [-0.2, -0.15) is 0 Å². The summed E-state index contributed by atoms with van der Waals surface area (Å²) >= 11 is 0. The van der Waals surface area contributed by atoms with Crippen molar-refractivity contribution in [2.75, 3.05) is 21.3 Å². The number of aromatic nitrogens is 1. The fraction of sp³-hybridized carbons (Fsp3) is 0.550. The number of aromatic amines is 1. The molecule has 2 saturated heterocycles. The van der Waals surface area contributed by atoms with Crippen molar-refractivity contribution in [2.24, 2.45) is 0 Å². The summed E-state index contributed by atoms with van der Waals surface area (Å²) in [7, 11) is 4.69. The van der Waals surface area contributed by atoms with E-state index in [-0.39, 0.29) is 11.7 Å². The van der Waals surface area contributed by atoms with E-state index < -0.39 is 0 Å². The zero-order chi connectivity index (χ0) is 19.1. The molecular weight excluding hydrogens is 348 g/mol. The van der Waals surface area contributed by atoms with Crippen molar-refractivity contribution in [1.29, 1.82) is 0 Å². The van der Waals surface area contributed by atoms with Crippen LogP contribution in [0.2, 0.25) is 0 Å². The van der Waals surface area contributed by atoms with Gasteiger partial charge in [-0.05, 0) is 31.7 Å². The average Bonchev–Trinajstić information content (AvgIpc) is 2.89. The number of hydrogen-bond donors (Lipinski definition) is 2. The third-order valence-electron chi connectivity index (χ3n) is 5.94. The van der Waals surface area contributed by atoms with Crippen LogP contribution in [0.15, 0.2) is 16.9 Å². The maximum absolute atomic E-state index is 12.7. The van der Waals surface area contributed by atoms with Crippen molar-refractivity contribution in [1.82, 2.24) is 9.88 Å². The number of rotatable bonds is 5. The molecule has 2 bridgehead atoms. The molecule has 4 rings (SSSR count). The number of piperidine rings is 1. The van der Waals surface area contributed by atoms with Gasteiger partial charge in [-0.1, -0.05) is 0 Å². The van der Waals surface area contributed by atoms with Crippen molar-refractivity contribution >= 4 is 10.9 Å². The number of fused-ring (bicyclic) bond motifs is 3. The summed E-state index contributed by atoms with van der Waals surface area (Å²) in [4.78, 5) is 18.0. The van der Waals surface area contributed by atoms with E-state index >= 15 is 0 Å². The fourth-order valence-corrected chi connectivity index (χ4v) is 4.69. The molecule has 1 aromatic carbocycles. The second-order valence-electron chi connectivity index (χ2n) is 7.41. The Balaban J connectivity index is 1.76. The number of aliphatic hydroxyl groups excluding tert-OH is 1. The van der Waals surface area contributed by atoms with Crippen LogP contribution in [0.4, 0.5) is 0 Å². The standard InChI is InChI=1S/C20H26N2O5/c1-25-17-9-16-15(18(26-2)19(17)27-3)6-11(20(24)21-16)10-22-12-4-5-13(22)8-14(23)7-12/h6,9,12-14,23H,4-5,7-8,10H2,1-3H3,(H,21,24)/t12-,13+,14?. The third-order valence-corrected chi connectivity index (χ3v) is 5.94. The lowest BCUT2D eigenvalue weighted by molar-refractivity contribution is 0.0308. The number of hydrogen-bond acceptors (Lipinski definition) is 6. The number of nitrogens with one attached hydrogen (secondary N) is 1. The minimum absolute atomic E-state index is 0.109. The van der Waals surface area contributed by atoms with Gasteiger partial charge in [0.05, 0.1) is 33.0 Å². The predicted octanol–water partition coefficient (Wildman–Crippen LogP) is 2.04. The lowest BCUT2D eigenvalue weighted by Gasteiger charge is -2.37. The summed E-state index contributed by atoms with van der Waals surface area (Å²) in [6, 6.07) is 4.34. The molecule has 2 aromatic rings. The third kappa shape index (κ3) is 3.04. The highest BCUT2D eigenvalue weighted by atomic mass is 16.5. The zero-order valence-electron chi connectivity index (χ0n) is 15.9. The number of pyridine rings is 1. The molecule has 2 N–H and O–H groups in total. The van der Waals surface area contributed by atoms with Gasteiger partial charge in [0, 0.05) is 35.6 Å². The minimum Gasteiger partial charge on any atom is -0.493 e. The quantitative estimate of drug-likeness (QED) is 0.833. The van der Waals surface area contributed by atoms with Crippen LogP contribution in [-0.2, 0) is 6.54 Å². The smallest absolute Gasteiger partial charge is 0.252 e. The Morgan fingerprint density at radius 3 is 2.33 bits per heavy atom. The average molecular weight is 374 g/mol. The van der Waals surface area contributed by atoms with Gasteiger partial charge < -0.3 is 24.3 Å². The molecule has 1 unspecified atom stereocenters. The van der Waals surface area contributed by atoms with Crippen LogP contribution in [0.5, 0.6) is 17.2 Å². The van der Waals surface area contributed by atoms with Crippen molar-refractivity contribution < 1.29 is 19.3 Å². The monoisotopic (exact) mass is 374 g/mol. The van der Waals surface area contributed by atoms with E-state index in [9.17, 15) is 9.90 Å². The first-order valence-electron chi connectivity index (χ1n) is 9.34. The van der Waals surface area contributed by atoms with Crippen LogP contribution in [0.1, 0.15) is 31.2 Å². The van der Waals surface area contributed by atoms with Gasteiger partial charge in [0.15, 0.2) is 11.5 Å². The van der Waals surface area contributed by atoms with Crippen LogP contribution >= 0.6 is 0 Å². The van der Waals surface area contributed by atoms with E-state index in [0.717, 1.165) is 31.1 Å². The number of benzene rings is 1. The highest BCUT2D eigenvalue weighted by Crippen LogP contribution is 2.43. The number of methoxy groups -OCH3 is 3. The second kappa shape index (κ2) is 7.05. The first kappa shape index (κ1) is 18.1. The molecule has 0 saturated carbocycles. The van der Waals surface area contributed by atoms with Crippen LogP contribution < -0.4 is 19.8 Å². The van der Waals surface area contributed by atoms with Crippen LogP contribution in [0, 0.1) is 0 Å². The van der Waals surface area contributed by atoms with E-state index in [2.05, 4.69) is 9.88 Å². The van der Waals surface area contributed by atoms with Gasteiger partial charge in [-0.15, -0.1) is 0 Å². The molecule has 0 amide bonds. The molecule has 2 aliphatic rings. The first-order valence-corrected chi connectivity index (χ1v) is 9.34. The van der Waals surface area contributed by atoms with Crippen LogP contribution in [0.3, 0.4) is 0 Å². The number of aliphatic hydroxyl groups is 1. The summed E-state index contributed by atoms with van der Waals surface area (Å²) < 4.78 is 16.4. The Labute approximate surface area is 157 Å². The Morgan fingerprint density at radius 2 is 1.74 bits per heavy atom. The van der Waals surface area contributed by atoms with Gasteiger partial charge in [0.2, 0.25) is 5.75 Å². The van der Waals surface area contributed by atoms with E-state index in [1.54, 1.807) is 27.4 Å². The number of H-pyrrole nitrogens is 1. The summed E-state index contributed by atoms with van der Waals surface area (Å²) in [5, 5.41) is 10.8. The Morgan fingerprint density at radius 1 is 1.07 bits per heavy atom. The zero-order valence-corrected chi connectivity index (χ0v) is 15.9. The van der Waals surface area contributed by atoms with E-state index in [1.165, 1.54) is 0 Å². The summed E-state index contributed by atoms with van der Waals surface area (Å²) in [5.74, 6) is 1.56. The lowest BCUT2D eigenvalue weighted by Crippen LogP contribution is -2.44. The molecule has 0 spiro atoms. The summed E-state index contributed by atoms with van der Waals surface area (Å²) in [5.41, 5.74) is 1.24. The SMILES string of the molecule is COc1cc2[nH]c(=O)c(CN3[C@@H]4CC[C@H]3CC(O)C4)cc2c(OC)c1OC. The van der Waals surface area contributed by atoms with E-state index in [0.29, 0.717) is 47.0 Å². The minimum atomic E-state index is -0.217. The molecule has 146 valence electrons. The molecule has 7 heteroatoms. The normalized spacial score (nSPS) is 25.0. The number of ether oxygens (including phenoxy) is 3. The molecule has 3 atom stereocenters. The molecule has 0 radical (unpaired) electrons. The van der Waals surface area contributed by atoms with Gasteiger partial charge in [-0.3, -0.25) is 9.69 Å². The topological polar surface area (TPSA) is 84.0 Å². The van der Waals surface area contributed by atoms with E-state index in [4.69, 9.17) is 14.2 Å². The molecule has 2 fully saturated rings. The first-order chi connectivity index (χ1) is 13.0. The summed E-state index contributed by atoms with van der Waals surface area (Å²) in [6.45, 7) is 0.574. The molecular formula is C20H26N2O5. The highest BCUT2D eigenvalue weighted by Gasteiger charge is 2.40. The van der Waals surface area contributed by atoms with Gasteiger partial charge >= 0.3 is 0 Å². The highest BCUT2D eigenvalue weighted by molar-refractivity contribution is 5.90. The molecule has 0 aliphatic carbocycles. The van der Waals surface area contributed by atoms with Crippen LogP contribution in [0.25, 0.3) is 10.9 Å². The Kier molecular flexibility index (Phi) is 4.74. The van der Waals surface area contributed by atoms with Crippen molar-refractivity contribution in [3.63, 3.8) is 0 Å². The summed E-state index contributed by atoms with van der Waals surface area (Å²) in [6.07, 6.45) is 3.53. The van der Waals surface area contributed by atoms with Crippen LogP contribution in [-0.4, -0.2) is 54.5 Å². The molecule has 2 aliphatic heterocycles. The van der Waals surface area contributed by atoms with Gasteiger partial charge in [0.1, 0.15) is 0 Å². The van der Waals surface area contributed by atoms with Gasteiger partial charge in [-0.25, -0.2) is 0 Å². The fourth-order valence-electron chi connectivity index (χ4n) is 4.69. The molecule has 7 nitrogen and oxygen atoms in total. The number of nitrogens with zero attached hydrogens (tertiary/aromatic N) is 1. The maximum Gasteiger partial charge on any atom is 0.252 e. The van der Waals surface area contributed by atoms with Crippen molar-refractivity contribution in [3.05, 3.63) is 28.0 Å². The largest absolute Gasteiger partial charge is 0.493 e. The lowest BCUT2D eigenvalue weighted by atomic mass is 9.99. The Bertz CT molecular complexity index is 895. The predicted molar refractivity (Wildman–Crippen MR) is 102 cm³/mol. The molecule has 1 aromatic heterocycles. The van der Waals surface area contributed by atoms with Crippen molar-refractivity contribution in [3.8, 4) is 17.2 Å². The maximum atomic E-state index is 12.7. The van der Waals surface area contributed by atoms with E-state index in [1.807, 2.05) is 6.07 Å². The van der Waals surface area contributed by atoms with Crippen molar-refractivity contribution in [2.45, 2.75) is 50.4 Å². The van der Waals surface area contributed by atoms with Gasteiger partial charge in [0.25, 0.3) is 5.56 Å². The molecule has 27 heavy (non-hydrogen) atoms.